The van der Waals surface area contributed by atoms with Crippen LogP contribution >= 0.6 is 0 Å². The average Bonchev–Trinajstić information content (AvgIpc) is 3.47. The molecule has 4 aromatic rings. The van der Waals surface area contributed by atoms with Gasteiger partial charge in [0.15, 0.2) is 5.82 Å². The molecule has 3 heterocycles. The van der Waals surface area contributed by atoms with E-state index in [-0.39, 0.29) is 41.4 Å². The van der Waals surface area contributed by atoms with Gasteiger partial charge in [-0.05, 0) is 48.9 Å². The molecule has 0 radical (unpaired) electrons. The zero-order valence-electron chi connectivity index (χ0n) is 21.5. The Morgan fingerprint density at radius 2 is 1.83 bits per heavy atom. The largest absolute Gasteiger partial charge is 0.470 e. The lowest BCUT2D eigenvalue weighted by Gasteiger charge is -2.15. The van der Waals surface area contributed by atoms with Crippen molar-refractivity contribution in [2.45, 2.75) is 25.2 Å². The van der Waals surface area contributed by atoms with E-state index in [1.165, 1.54) is 12.1 Å². The molecule has 13 heteroatoms. The minimum absolute atomic E-state index is 0.0308. The van der Waals surface area contributed by atoms with Crippen LogP contribution in [0.1, 0.15) is 27.9 Å². The van der Waals surface area contributed by atoms with Crippen molar-refractivity contribution in [3.05, 3.63) is 89.5 Å². The second-order valence-electron chi connectivity index (χ2n) is 9.31. The van der Waals surface area contributed by atoms with Gasteiger partial charge >= 0.3 is 6.18 Å². The SMILES string of the molecule is Nc1ncc(-c2ccc(CNc3ncc(C(F)(F)F)cc3C(=O)Nc3ccc(F)cc3)cc2)nc1O[C@H]1CCNC1. The van der Waals surface area contributed by atoms with Crippen LogP contribution in [0.5, 0.6) is 5.88 Å². The lowest BCUT2D eigenvalue weighted by Crippen LogP contribution is -2.21. The standard InChI is InChI=1S/C28H25F4N7O2/c29-19-5-7-20(8-6-19)38-26(40)22-11-18(28(30,31)32)13-37-25(22)36-12-16-1-3-17(4-2-16)23-15-35-24(33)27(39-23)41-21-9-10-34-14-21/h1-8,11,13,15,21,34H,9-10,12,14H2,(H2,33,35)(H,36,37)(H,38,40)/t21-/m0/s1. The highest BCUT2D eigenvalue weighted by atomic mass is 19.4. The van der Waals surface area contributed by atoms with Gasteiger partial charge in [-0.1, -0.05) is 24.3 Å². The predicted octanol–water partition coefficient (Wildman–Crippen LogP) is 4.88. The highest BCUT2D eigenvalue weighted by Crippen LogP contribution is 2.31. The second kappa shape index (κ2) is 11.8. The number of hydrogen-bond donors (Lipinski definition) is 4. The van der Waals surface area contributed by atoms with Gasteiger partial charge in [-0.15, -0.1) is 0 Å². The van der Waals surface area contributed by atoms with Crippen LogP contribution in [0.4, 0.5) is 34.9 Å². The summed E-state index contributed by atoms with van der Waals surface area (Å²) in [5.41, 5.74) is 6.84. The summed E-state index contributed by atoms with van der Waals surface area (Å²) >= 11 is 0. The predicted molar refractivity (Wildman–Crippen MR) is 145 cm³/mol. The molecule has 1 amide bonds. The average molecular weight is 568 g/mol. The molecule has 1 aliphatic heterocycles. The Morgan fingerprint density at radius 3 is 2.51 bits per heavy atom. The maximum absolute atomic E-state index is 13.4. The summed E-state index contributed by atoms with van der Waals surface area (Å²) in [6.07, 6.45) is -1.69. The van der Waals surface area contributed by atoms with Crippen LogP contribution in [0, 0.1) is 5.82 Å². The van der Waals surface area contributed by atoms with E-state index >= 15 is 0 Å². The molecule has 0 aliphatic carbocycles. The van der Waals surface area contributed by atoms with Gasteiger partial charge in [0.05, 0.1) is 23.0 Å². The van der Waals surface area contributed by atoms with Gasteiger partial charge in [0, 0.05) is 30.5 Å². The van der Waals surface area contributed by atoms with Gasteiger partial charge in [-0.2, -0.15) is 13.2 Å². The minimum atomic E-state index is -4.70. The third-order valence-corrected chi connectivity index (χ3v) is 6.33. The number of nitrogens with zero attached hydrogens (tertiary/aromatic N) is 3. The first kappa shape index (κ1) is 27.8. The number of rotatable bonds is 8. The maximum atomic E-state index is 13.4. The lowest BCUT2D eigenvalue weighted by atomic mass is 10.1. The van der Waals surface area contributed by atoms with E-state index in [0.29, 0.717) is 18.4 Å². The Hall–Kier alpha value is -4.78. The van der Waals surface area contributed by atoms with Gasteiger partial charge in [0.25, 0.3) is 11.8 Å². The van der Waals surface area contributed by atoms with Crippen LogP contribution in [0.3, 0.4) is 0 Å². The van der Waals surface area contributed by atoms with Crippen molar-refractivity contribution < 1.29 is 27.1 Å². The topological polar surface area (TPSA) is 127 Å². The number of carbonyl (C=O) groups is 1. The molecule has 0 saturated carbocycles. The van der Waals surface area contributed by atoms with E-state index in [4.69, 9.17) is 10.5 Å². The van der Waals surface area contributed by atoms with Crippen molar-refractivity contribution in [3.63, 3.8) is 0 Å². The number of hydrogen-bond acceptors (Lipinski definition) is 8. The summed E-state index contributed by atoms with van der Waals surface area (Å²) in [6, 6.07) is 12.8. The maximum Gasteiger partial charge on any atom is 0.417 e. The summed E-state index contributed by atoms with van der Waals surface area (Å²) in [5, 5.41) is 8.61. The molecular formula is C28H25F4N7O2. The first-order valence-electron chi connectivity index (χ1n) is 12.6. The van der Waals surface area contributed by atoms with Crippen LogP contribution in [0.25, 0.3) is 11.3 Å². The Morgan fingerprint density at radius 1 is 1.07 bits per heavy atom. The Labute approximate surface area is 232 Å². The van der Waals surface area contributed by atoms with Crippen molar-refractivity contribution in [2.24, 2.45) is 0 Å². The zero-order valence-corrected chi connectivity index (χ0v) is 21.5. The summed E-state index contributed by atoms with van der Waals surface area (Å²) in [7, 11) is 0. The Balaban J connectivity index is 1.31. The molecule has 1 aliphatic rings. The number of carbonyl (C=O) groups excluding carboxylic acids is 1. The van der Waals surface area contributed by atoms with E-state index in [9.17, 15) is 22.4 Å². The summed E-state index contributed by atoms with van der Waals surface area (Å²) in [4.78, 5) is 25.4. The molecule has 0 bridgehead atoms. The summed E-state index contributed by atoms with van der Waals surface area (Å²) in [5.74, 6) is -0.932. The lowest BCUT2D eigenvalue weighted by molar-refractivity contribution is -0.137. The van der Waals surface area contributed by atoms with Gasteiger partial charge in [-0.3, -0.25) is 4.79 Å². The number of benzene rings is 2. The summed E-state index contributed by atoms with van der Waals surface area (Å²) < 4.78 is 59.1. The van der Waals surface area contributed by atoms with Gasteiger partial charge < -0.3 is 26.4 Å². The number of pyridine rings is 1. The smallest absolute Gasteiger partial charge is 0.417 e. The number of nitrogen functional groups attached to an aromatic ring is 1. The fourth-order valence-electron chi connectivity index (χ4n) is 4.14. The molecule has 212 valence electrons. The third kappa shape index (κ3) is 6.87. The highest BCUT2D eigenvalue weighted by molar-refractivity contribution is 6.07. The van der Waals surface area contributed by atoms with Crippen LogP contribution in [0.2, 0.25) is 0 Å². The number of alkyl halides is 3. The van der Waals surface area contributed by atoms with Crippen LogP contribution in [-0.4, -0.2) is 40.1 Å². The van der Waals surface area contributed by atoms with E-state index in [1.807, 2.05) is 0 Å². The number of aromatic nitrogens is 3. The van der Waals surface area contributed by atoms with Crippen LogP contribution in [-0.2, 0) is 12.7 Å². The molecule has 41 heavy (non-hydrogen) atoms. The van der Waals surface area contributed by atoms with Crippen molar-refractivity contribution in [3.8, 4) is 17.1 Å². The number of halogens is 4. The molecule has 2 aromatic heterocycles. The molecule has 5 rings (SSSR count). The van der Waals surface area contributed by atoms with E-state index in [1.54, 1.807) is 30.5 Å². The molecule has 9 nitrogen and oxygen atoms in total. The molecule has 1 fully saturated rings. The molecule has 5 N–H and O–H groups in total. The van der Waals surface area contributed by atoms with Gasteiger partial charge in [0.2, 0.25) is 0 Å². The van der Waals surface area contributed by atoms with E-state index in [2.05, 4.69) is 30.9 Å². The first-order valence-corrected chi connectivity index (χ1v) is 12.6. The van der Waals surface area contributed by atoms with Crippen molar-refractivity contribution in [2.75, 3.05) is 29.5 Å². The number of ether oxygens (including phenoxy) is 1. The molecule has 0 unspecified atom stereocenters. The van der Waals surface area contributed by atoms with Crippen molar-refractivity contribution >= 4 is 23.2 Å². The minimum Gasteiger partial charge on any atom is -0.470 e. The first-order chi connectivity index (χ1) is 19.7. The zero-order chi connectivity index (χ0) is 29.0. The van der Waals surface area contributed by atoms with Gasteiger partial charge in [0.1, 0.15) is 17.7 Å². The quantitative estimate of drug-likeness (QED) is 0.222. The van der Waals surface area contributed by atoms with Crippen molar-refractivity contribution in [1.82, 2.24) is 20.3 Å². The third-order valence-electron chi connectivity index (χ3n) is 6.33. The monoisotopic (exact) mass is 567 g/mol. The van der Waals surface area contributed by atoms with Crippen LogP contribution in [0.15, 0.2) is 67.0 Å². The molecule has 0 spiro atoms. The number of nitrogens with two attached hydrogens (primary N) is 1. The second-order valence-corrected chi connectivity index (χ2v) is 9.31. The fraction of sp³-hybridized carbons (Fsp3) is 0.214. The van der Waals surface area contributed by atoms with Crippen molar-refractivity contribution in [1.29, 1.82) is 0 Å². The molecular weight excluding hydrogens is 542 g/mol. The van der Waals surface area contributed by atoms with Gasteiger partial charge in [-0.25, -0.2) is 19.3 Å². The number of nitrogens with one attached hydrogen (secondary N) is 3. The normalized spacial score (nSPS) is 15.0. The highest BCUT2D eigenvalue weighted by Gasteiger charge is 2.32. The number of amides is 1. The Bertz CT molecular complexity index is 1520. The Kier molecular flexibility index (Phi) is 7.97. The molecule has 1 atom stereocenters. The fourth-order valence-corrected chi connectivity index (χ4v) is 4.14. The van der Waals surface area contributed by atoms with E-state index < -0.39 is 23.5 Å². The molecule has 1 saturated heterocycles. The number of anilines is 3. The van der Waals surface area contributed by atoms with Crippen LogP contribution < -0.4 is 26.4 Å². The van der Waals surface area contributed by atoms with E-state index in [0.717, 1.165) is 42.3 Å². The summed E-state index contributed by atoms with van der Waals surface area (Å²) in [6.45, 7) is 1.72. The molecule has 2 aromatic carbocycles.